The molecule has 0 fully saturated rings. The van der Waals surface area contributed by atoms with E-state index < -0.39 is 0 Å². The molecule has 0 N–H and O–H groups in total. The van der Waals surface area contributed by atoms with E-state index in [0.717, 1.165) is 6.42 Å². The Kier molecular flexibility index (Phi) is 515. The predicted molar refractivity (Wildman–Crippen MR) is 98.5 cm³/mol. The van der Waals surface area contributed by atoms with E-state index in [1.54, 1.807) is 34.6 Å². The minimum atomic E-state index is 0. The van der Waals surface area contributed by atoms with Crippen molar-refractivity contribution >= 4 is 37.2 Å². The van der Waals surface area contributed by atoms with Crippen molar-refractivity contribution in [2.75, 3.05) is 0 Å². The molecule has 0 spiro atoms. The summed E-state index contributed by atoms with van der Waals surface area (Å²) in [5, 5.41) is 0. The van der Waals surface area contributed by atoms with Crippen molar-refractivity contribution in [1.82, 2.24) is 0 Å². The summed E-state index contributed by atoms with van der Waals surface area (Å²) in [7, 11) is 0. The van der Waals surface area contributed by atoms with Crippen LogP contribution in [0, 0.1) is 40.7 Å². The number of rotatable bonds is 0. The first kappa shape index (κ1) is 59.3. The van der Waals surface area contributed by atoms with E-state index in [4.69, 9.17) is 0 Å². The van der Waals surface area contributed by atoms with Crippen LogP contribution in [0.15, 0.2) is 18.2 Å². The summed E-state index contributed by atoms with van der Waals surface area (Å²) in [6.07, 6.45) is 10.0. The summed E-state index contributed by atoms with van der Waals surface area (Å²) in [6, 6.07) is 0. The van der Waals surface area contributed by atoms with E-state index in [9.17, 15) is 0 Å². The molecule has 0 amide bonds. The summed E-state index contributed by atoms with van der Waals surface area (Å²) >= 11 is 0. The molecule has 0 aliphatic heterocycles. The van der Waals surface area contributed by atoms with Crippen LogP contribution >= 0.6 is 37.2 Å². The summed E-state index contributed by atoms with van der Waals surface area (Å²) in [5.41, 5.74) is 0. The fourth-order valence-corrected chi connectivity index (χ4v) is 0.340. The van der Waals surface area contributed by atoms with Gasteiger partial charge in [0.15, 0.2) is 0 Å². The second-order valence-corrected chi connectivity index (χ2v) is 1.00. The van der Waals surface area contributed by atoms with Crippen LogP contribution in [0.4, 0.5) is 0 Å². The van der Waals surface area contributed by atoms with Crippen LogP contribution in [0.5, 0.6) is 0 Å². The number of halogens is 3. The van der Waals surface area contributed by atoms with Gasteiger partial charge in [0.2, 0.25) is 0 Å². The molecule has 19 heavy (non-hydrogen) atoms. The minimum Gasteiger partial charge on any atom is -0.346 e. The topological polar surface area (TPSA) is 0 Å². The molecule has 0 saturated carbocycles. The van der Waals surface area contributed by atoms with Gasteiger partial charge in [0.1, 0.15) is 0 Å². The molecule has 0 bridgehead atoms. The molecular weight excluding hydrogens is 465 g/mol. The third kappa shape index (κ3) is 147. The van der Waals surface area contributed by atoms with E-state index >= 15 is 0 Å². The number of allylic oxidation sites excluding steroid dienone is 4. The van der Waals surface area contributed by atoms with Crippen molar-refractivity contribution < 1.29 is 25.8 Å². The third-order valence-electron chi connectivity index (χ3n) is 0.586. The Morgan fingerprint density at radius 1 is 0.684 bits per heavy atom. The summed E-state index contributed by atoms with van der Waals surface area (Å²) in [5.74, 6) is 0. The third-order valence-corrected chi connectivity index (χ3v) is 0.586. The van der Waals surface area contributed by atoms with Gasteiger partial charge in [-0.3, -0.25) is 6.08 Å². The van der Waals surface area contributed by atoms with Gasteiger partial charge in [-0.05, 0) is 0 Å². The molecule has 0 aromatic carbocycles. The van der Waals surface area contributed by atoms with Crippen LogP contribution in [0.25, 0.3) is 0 Å². The first-order valence-electron chi connectivity index (χ1n) is 5.25. The summed E-state index contributed by atoms with van der Waals surface area (Å²) in [6.45, 7) is 25.0. The van der Waals surface area contributed by atoms with Crippen molar-refractivity contribution in [3.05, 3.63) is 58.9 Å². The Morgan fingerprint density at radius 3 is 1.00 bits per heavy atom. The molecule has 0 saturated heterocycles. The molecule has 0 nitrogen and oxygen atoms in total. The van der Waals surface area contributed by atoms with Gasteiger partial charge in [-0.25, -0.2) is 12.2 Å². The smallest absolute Gasteiger partial charge is 0 e. The Balaban J connectivity index is -0.00000000930. The van der Waals surface area contributed by atoms with E-state index in [1.165, 1.54) is 0 Å². The Bertz CT molecular complexity index is 75.5. The van der Waals surface area contributed by atoms with E-state index in [1.807, 2.05) is 12.2 Å². The largest absolute Gasteiger partial charge is 0.346 e. The van der Waals surface area contributed by atoms with Crippen molar-refractivity contribution in [3.63, 3.8) is 0 Å². The molecule has 124 valence electrons. The van der Waals surface area contributed by atoms with Gasteiger partial charge in [-0.15, -0.1) is 43.6 Å². The summed E-state index contributed by atoms with van der Waals surface area (Å²) < 4.78 is 0. The number of hydrogen-bond acceptors (Lipinski definition) is 0. The van der Waals surface area contributed by atoms with Crippen LogP contribution in [0.2, 0.25) is 0 Å². The molecule has 0 heterocycles. The summed E-state index contributed by atoms with van der Waals surface area (Å²) in [4.78, 5) is 0. The number of hydrogen-bond donors (Lipinski definition) is 0. The zero-order valence-electron chi connectivity index (χ0n) is 13.2. The molecule has 0 atom stereocenters. The molecule has 0 unspecified atom stereocenters. The Morgan fingerprint density at radius 2 is 0.947 bits per heavy atom. The van der Waals surface area contributed by atoms with Crippen molar-refractivity contribution in [1.29, 1.82) is 0 Å². The standard InChI is InChI=1S/C5H5.5C2H5.3ClH.Hf/c1-2-4-5-3-1;5*1-2;;;;/h1-3H,4H2;5*1H2,2H3;3*1H;/q6*-1;;;;. The molecule has 1 aliphatic rings. The van der Waals surface area contributed by atoms with Gasteiger partial charge < -0.3 is 34.6 Å². The molecule has 0 aromatic heterocycles. The molecule has 0 radical (unpaired) electrons. The van der Waals surface area contributed by atoms with Crippen LogP contribution < -0.4 is 0 Å². The molecule has 4 heteroatoms. The van der Waals surface area contributed by atoms with Gasteiger partial charge in [-0.1, -0.05) is 0 Å². The fourth-order valence-electron chi connectivity index (χ4n) is 0.340. The van der Waals surface area contributed by atoms with Crippen LogP contribution in [0.1, 0.15) is 41.0 Å². The minimum absolute atomic E-state index is 0. The first-order valence-corrected chi connectivity index (χ1v) is 5.25. The van der Waals surface area contributed by atoms with Gasteiger partial charge in [0.05, 0.1) is 0 Å². The van der Waals surface area contributed by atoms with Gasteiger partial charge >= 0.3 is 0 Å². The maximum Gasteiger partial charge on any atom is 0 e. The van der Waals surface area contributed by atoms with E-state index in [0.29, 0.717) is 0 Å². The molecular formula is C15H33Cl3Hf-6. The van der Waals surface area contributed by atoms with Crippen LogP contribution in [-0.2, 0) is 25.8 Å². The zero-order valence-corrected chi connectivity index (χ0v) is 19.2. The average Bonchev–Trinajstić information content (AvgIpc) is 3.00. The molecule has 1 aliphatic carbocycles. The molecule has 0 aromatic rings. The SMILES string of the molecule is Cl.Cl.Cl.[C-]1=CC=CC1.[CH2-]C.[CH2-]C.[CH2-]C.[CH2-]C.[CH2-]C.[Hf]. The zero-order chi connectivity index (χ0) is 13.5. The van der Waals surface area contributed by atoms with Crippen molar-refractivity contribution in [2.45, 2.75) is 41.0 Å². The van der Waals surface area contributed by atoms with Gasteiger partial charge in [0, 0.05) is 25.8 Å². The molecule has 1 rings (SSSR count). The Hall–Kier alpha value is 1.22. The van der Waals surface area contributed by atoms with E-state index in [2.05, 4.69) is 46.8 Å². The average molecular weight is 498 g/mol. The predicted octanol–water partition coefficient (Wildman–Crippen LogP) is 6.77. The van der Waals surface area contributed by atoms with Gasteiger partial charge in [-0.2, -0.15) is 40.7 Å². The van der Waals surface area contributed by atoms with Crippen LogP contribution in [0.3, 0.4) is 0 Å². The monoisotopic (exact) mass is 498 g/mol. The van der Waals surface area contributed by atoms with E-state index in [-0.39, 0.29) is 63.1 Å². The quantitative estimate of drug-likeness (QED) is 0.256. The maximum atomic E-state index is 3.25. The maximum absolute atomic E-state index is 3.25. The second-order valence-electron chi connectivity index (χ2n) is 1.00. The Labute approximate surface area is 162 Å². The van der Waals surface area contributed by atoms with Crippen LogP contribution in [-0.4, -0.2) is 0 Å². The normalized spacial score (nSPS) is 6.21. The van der Waals surface area contributed by atoms with Crippen molar-refractivity contribution in [2.24, 2.45) is 0 Å². The van der Waals surface area contributed by atoms with Gasteiger partial charge in [0.25, 0.3) is 0 Å². The second kappa shape index (κ2) is 165. The first-order chi connectivity index (χ1) is 7.50. The van der Waals surface area contributed by atoms with Crippen molar-refractivity contribution in [3.8, 4) is 0 Å². The fraction of sp³-hybridized carbons (Fsp3) is 0.400.